The Morgan fingerprint density at radius 3 is 2.62 bits per heavy atom. The van der Waals surface area contributed by atoms with Gasteiger partial charge in [0.2, 0.25) is 0 Å². The minimum Gasteiger partial charge on any atom is -0.396 e. The molecule has 0 aromatic heterocycles. The normalized spacial score (nSPS) is 18.9. The zero-order valence-electron chi connectivity index (χ0n) is 9.18. The number of aliphatic hydroxyl groups is 1. The molecule has 0 unspecified atom stereocenters. The van der Waals surface area contributed by atoms with E-state index in [1.807, 2.05) is 0 Å². The molecular weight excluding hydrogens is 271 g/mol. The van der Waals surface area contributed by atoms with E-state index in [0.29, 0.717) is 0 Å². The first-order valence-corrected chi connectivity index (χ1v) is 6.49. The Balaban J connectivity index is 2.21. The number of halogens is 2. The van der Waals surface area contributed by atoms with Gasteiger partial charge < -0.3 is 5.11 Å². The van der Waals surface area contributed by atoms with Gasteiger partial charge in [-0.2, -0.15) is 0 Å². The third-order valence-corrected chi connectivity index (χ3v) is 4.35. The van der Waals surface area contributed by atoms with Crippen molar-refractivity contribution >= 4 is 15.9 Å². The molecule has 0 atom stereocenters. The lowest BCUT2D eigenvalue weighted by atomic mass is 9.81. The molecule has 1 aliphatic rings. The van der Waals surface area contributed by atoms with Crippen molar-refractivity contribution in [1.82, 2.24) is 0 Å². The summed E-state index contributed by atoms with van der Waals surface area (Å²) >= 11 is 3.44. The molecule has 1 N–H and O–H groups in total. The molecule has 1 aliphatic carbocycles. The van der Waals surface area contributed by atoms with Crippen LogP contribution in [0.1, 0.15) is 31.2 Å². The van der Waals surface area contributed by atoms with Crippen molar-refractivity contribution in [2.24, 2.45) is 5.41 Å². The predicted octanol–water partition coefficient (Wildman–Crippen LogP) is 3.68. The standard InChI is InChI=1S/C13H16BrFO/c14-12-4-3-11(15)7-10(12)8-13(9-16)5-1-2-6-13/h3-4,7,16H,1-2,5-6,8-9H2. The molecule has 2 rings (SSSR count). The highest BCUT2D eigenvalue weighted by molar-refractivity contribution is 9.10. The monoisotopic (exact) mass is 286 g/mol. The molecule has 1 fully saturated rings. The highest BCUT2D eigenvalue weighted by Gasteiger charge is 2.33. The number of benzene rings is 1. The maximum atomic E-state index is 13.2. The molecule has 0 radical (unpaired) electrons. The van der Waals surface area contributed by atoms with Gasteiger partial charge >= 0.3 is 0 Å². The van der Waals surface area contributed by atoms with Crippen LogP contribution in [0.25, 0.3) is 0 Å². The van der Waals surface area contributed by atoms with Crippen LogP contribution in [-0.2, 0) is 6.42 Å². The lowest BCUT2D eigenvalue weighted by Gasteiger charge is -2.27. The molecule has 1 aromatic carbocycles. The molecular formula is C13H16BrFO. The highest BCUT2D eigenvalue weighted by atomic mass is 79.9. The molecule has 88 valence electrons. The van der Waals surface area contributed by atoms with Gasteiger partial charge in [-0.25, -0.2) is 4.39 Å². The molecule has 16 heavy (non-hydrogen) atoms. The Labute approximate surface area is 104 Å². The van der Waals surface area contributed by atoms with Crippen molar-refractivity contribution in [3.05, 3.63) is 34.1 Å². The minimum absolute atomic E-state index is 0.0175. The topological polar surface area (TPSA) is 20.2 Å². The Morgan fingerprint density at radius 2 is 2.00 bits per heavy atom. The first-order chi connectivity index (χ1) is 7.65. The average molecular weight is 287 g/mol. The summed E-state index contributed by atoms with van der Waals surface area (Å²) < 4.78 is 14.1. The van der Waals surface area contributed by atoms with Gasteiger partial charge in [-0.15, -0.1) is 0 Å². The first-order valence-electron chi connectivity index (χ1n) is 5.70. The van der Waals surface area contributed by atoms with E-state index in [1.54, 1.807) is 12.1 Å². The van der Waals surface area contributed by atoms with Gasteiger partial charge in [0.1, 0.15) is 5.82 Å². The zero-order chi connectivity index (χ0) is 11.6. The molecule has 0 saturated heterocycles. The fourth-order valence-electron chi connectivity index (χ4n) is 2.60. The second-order valence-corrected chi connectivity index (χ2v) is 5.63. The fourth-order valence-corrected chi connectivity index (χ4v) is 2.99. The van der Waals surface area contributed by atoms with Crippen molar-refractivity contribution in [2.45, 2.75) is 32.1 Å². The van der Waals surface area contributed by atoms with Gasteiger partial charge in [-0.3, -0.25) is 0 Å². The van der Waals surface area contributed by atoms with Gasteiger partial charge in [0, 0.05) is 11.1 Å². The first kappa shape index (κ1) is 12.1. The maximum absolute atomic E-state index is 13.2. The molecule has 3 heteroatoms. The Hall–Kier alpha value is -0.410. The van der Waals surface area contributed by atoms with E-state index in [4.69, 9.17) is 0 Å². The van der Waals surface area contributed by atoms with E-state index >= 15 is 0 Å². The van der Waals surface area contributed by atoms with Crippen LogP contribution < -0.4 is 0 Å². The van der Waals surface area contributed by atoms with Crippen LogP contribution in [0, 0.1) is 11.2 Å². The molecule has 1 saturated carbocycles. The van der Waals surface area contributed by atoms with Gasteiger partial charge in [0.05, 0.1) is 0 Å². The minimum atomic E-state index is -0.204. The Kier molecular flexibility index (Phi) is 3.65. The molecule has 0 amide bonds. The Morgan fingerprint density at radius 1 is 1.31 bits per heavy atom. The number of hydrogen-bond acceptors (Lipinski definition) is 1. The summed E-state index contributed by atoms with van der Waals surface area (Å²) in [6.07, 6.45) is 5.21. The Bertz CT molecular complexity index is 372. The van der Waals surface area contributed by atoms with Crippen LogP contribution in [0.5, 0.6) is 0 Å². The summed E-state index contributed by atoms with van der Waals surface area (Å²) in [7, 11) is 0. The van der Waals surface area contributed by atoms with Gasteiger partial charge in [0.25, 0.3) is 0 Å². The van der Waals surface area contributed by atoms with E-state index in [0.717, 1.165) is 29.3 Å². The fraction of sp³-hybridized carbons (Fsp3) is 0.538. The van der Waals surface area contributed by atoms with E-state index in [9.17, 15) is 9.50 Å². The smallest absolute Gasteiger partial charge is 0.123 e. The lowest BCUT2D eigenvalue weighted by molar-refractivity contribution is 0.130. The van der Waals surface area contributed by atoms with E-state index in [-0.39, 0.29) is 17.8 Å². The second kappa shape index (κ2) is 4.84. The van der Waals surface area contributed by atoms with Crippen LogP contribution in [0.2, 0.25) is 0 Å². The van der Waals surface area contributed by atoms with Crippen molar-refractivity contribution in [3.63, 3.8) is 0 Å². The third kappa shape index (κ3) is 2.46. The predicted molar refractivity (Wildman–Crippen MR) is 65.8 cm³/mol. The summed E-state index contributed by atoms with van der Waals surface area (Å²) in [5.74, 6) is -0.204. The van der Waals surface area contributed by atoms with Crippen LogP contribution in [0.15, 0.2) is 22.7 Å². The second-order valence-electron chi connectivity index (χ2n) is 4.78. The number of aliphatic hydroxyl groups excluding tert-OH is 1. The summed E-state index contributed by atoms with van der Waals surface area (Å²) in [5.41, 5.74) is 0.951. The molecule has 0 bridgehead atoms. The van der Waals surface area contributed by atoms with Crippen LogP contribution in [-0.4, -0.2) is 11.7 Å². The van der Waals surface area contributed by atoms with Crippen molar-refractivity contribution in [2.75, 3.05) is 6.61 Å². The summed E-state index contributed by atoms with van der Waals surface area (Å²) in [6.45, 7) is 0.204. The molecule has 0 heterocycles. The van der Waals surface area contributed by atoms with E-state index in [1.165, 1.54) is 18.9 Å². The maximum Gasteiger partial charge on any atom is 0.123 e. The van der Waals surface area contributed by atoms with Gasteiger partial charge in [0.15, 0.2) is 0 Å². The van der Waals surface area contributed by atoms with Gasteiger partial charge in [-0.1, -0.05) is 28.8 Å². The number of rotatable bonds is 3. The average Bonchev–Trinajstić information content (AvgIpc) is 2.73. The third-order valence-electron chi connectivity index (χ3n) is 3.57. The van der Waals surface area contributed by atoms with Gasteiger partial charge in [-0.05, 0) is 48.4 Å². The SMILES string of the molecule is OCC1(Cc2cc(F)ccc2Br)CCCC1. The summed E-state index contributed by atoms with van der Waals surface area (Å²) in [4.78, 5) is 0. The van der Waals surface area contributed by atoms with E-state index < -0.39 is 0 Å². The van der Waals surface area contributed by atoms with Crippen LogP contribution in [0.3, 0.4) is 0 Å². The lowest BCUT2D eigenvalue weighted by Crippen LogP contribution is -2.24. The van der Waals surface area contributed by atoms with Crippen LogP contribution in [0.4, 0.5) is 4.39 Å². The largest absolute Gasteiger partial charge is 0.396 e. The van der Waals surface area contributed by atoms with E-state index in [2.05, 4.69) is 15.9 Å². The molecule has 0 spiro atoms. The van der Waals surface area contributed by atoms with Crippen molar-refractivity contribution in [3.8, 4) is 0 Å². The highest BCUT2D eigenvalue weighted by Crippen LogP contribution is 2.41. The quantitative estimate of drug-likeness (QED) is 0.899. The van der Waals surface area contributed by atoms with Crippen LogP contribution >= 0.6 is 15.9 Å². The summed E-state index contributed by atoms with van der Waals surface area (Å²) in [6, 6.07) is 4.76. The molecule has 1 nitrogen and oxygen atoms in total. The van der Waals surface area contributed by atoms with Crippen molar-refractivity contribution < 1.29 is 9.50 Å². The summed E-state index contributed by atoms with van der Waals surface area (Å²) in [5, 5.41) is 9.53. The zero-order valence-corrected chi connectivity index (χ0v) is 10.8. The number of hydrogen-bond donors (Lipinski definition) is 1. The molecule has 0 aliphatic heterocycles. The molecule has 1 aromatic rings. The van der Waals surface area contributed by atoms with Crippen molar-refractivity contribution in [1.29, 1.82) is 0 Å².